The minimum absolute atomic E-state index is 0.180. The summed E-state index contributed by atoms with van der Waals surface area (Å²) in [4.78, 5) is 0. The molecule has 0 saturated carbocycles. The third-order valence-electron chi connectivity index (χ3n) is 2.97. The molecule has 2 nitrogen and oxygen atoms in total. The molecule has 0 bridgehead atoms. The smallest absolute Gasteiger partial charge is 0.134 e. The van der Waals surface area contributed by atoms with Crippen molar-refractivity contribution < 1.29 is 9.47 Å². The van der Waals surface area contributed by atoms with Gasteiger partial charge in [0.15, 0.2) is 0 Å². The molecular weight excluding hydrogens is 256 g/mol. The lowest BCUT2D eigenvalue weighted by Crippen LogP contribution is -2.28. The van der Waals surface area contributed by atoms with Crippen LogP contribution in [-0.4, -0.2) is 36.7 Å². The Morgan fingerprint density at radius 3 is 1.83 bits per heavy atom. The first-order valence-corrected chi connectivity index (χ1v) is 13.2. The maximum atomic E-state index is 5.90. The molecule has 0 aliphatic rings. The quantitative estimate of drug-likeness (QED) is 0.309. The number of hydrogen-bond acceptors (Lipinski definition) is 2. The lowest BCUT2D eigenvalue weighted by molar-refractivity contribution is -0.0920. The second-order valence-corrected chi connectivity index (χ2v) is 13.9. The second kappa shape index (κ2) is 11.2. The van der Waals surface area contributed by atoms with Gasteiger partial charge >= 0.3 is 0 Å². The summed E-state index contributed by atoms with van der Waals surface area (Å²) in [5, 5.41) is 0. The van der Waals surface area contributed by atoms with Gasteiger partial charge in [0, 0.05) is 21.3 Å². The van der Waals surface area contributed by atoms with Gasteiger partial charge in [-0.15, -0.1) is 0 Å². The van der Waals surface area contributed by atoms with E-state index in [4.69, 9.17) is 9.47 Å². The number of ether oxygens (including phenoxy) is 2. The Labute approximate surface area is 118 Å². The van der Waals surface area contributed by atoms with Crippen molar-refractivity contribution >= 4 is 17.6 Å². The van der Waals surface area contributed by atoms with Crippen molar-refractivity contribution in [3.63, 3.8) is 0 Å². The molecule has 0 amide bonds. The molecule has 0 saturated heterocycles. The molecule has 0 aromatic heterocycles. The zero-order valence-electron chi connectivity index (χ0n) is 13.3. The first-order valence-electron chi connectivity index (χ1n) is 7.72. The molecule has 0 N–H and O–H groups in total. The van der Waals surface area contributed by atoms with Gasteiger partial charge in [0.25, 0.3) is 0 Å². The Hall–Kier alpha value is 0.354. The van der Waals surface area contributed by atoms with Crippen LogP contribution in [0.2, 0.25) is 31.7 Å². The van der Waals surface area contributed by atoms with Crippen LogP contribution in [0.25, 0.3) is 0 Å². The Balaban J connectivity index is 3.80. The van der Waals surface area contributed by atoms with Crippen LogP contribution in [-0.2, 0) is 9.47 Å². The molecule has 0 radical (unpaired) electrons. The molecular formula is C14H34O2Si2. The third kappa shape index (κ3) is 12.8. The predicted molar refractivity (Wildman–Crippen MR) is 87.0 cm³/mol. The Morgan fingerprint density at radius 2 is 1.44 bits per heavy atom. The summed E-state index contributed by atoms with van der Waals surface area (Å²) in [6.07, 6.45) is 4.74. The summed E-state index contributed by atoms with van der Waals surface area (Å²) in [6, 6.07) is 2.82. The van der Waals surface area contributed by atoms with Crippen LogP contribution < -0.4 is 0 Å². The van der Waals surface area contributed by atoms with Crippen LogP contribution >= 0.6 is 0 Å². The van der Waals surface area contributed by atoms with Gasteiger partial charge in [-0.25, -0.2) is 0 Å². The van der Waals surface area contributed by atoms with Gasteiger partial charge in [0.2, 0.25) is 0 Å². The van der Waals surface area contributed by atoms with E-state index >= 15 is 0 Å². The van der Waals surface area contributed by atoms with Gasteiger partial charge in [0.1, 0.15) is 5.91 Å². The lowest BCUT2D eigenvalue weighted by Gasteiger charge is -2.20. The zero-order chi connectivity index (χ0) is 13.9. The standard InChI is InChI=1S/C14H34O2Si2/c1-6-8-10-15-14(16-11-9-7-2)17-12-13-18(3,4)5/h14H,6-13,17H2,1-5H3. The van der Waals surface area contributed by atoms with Crippen LogP contribution in [0, 0.1) is 0 Å². The van der Waals surface area contributed by atoms with Crippen molar-refractivity contribution in [1.82, 2.24) is 0 Å². The number of unbranched alkanes of at least 4 members (excludes halogenated alkanes) is 2. The normalized spacial score (nSPS) is 13.0. The highest BCUT2D eigenvalue weighted by Gasteiger charge is 2.15. The van der Waals surface area contributed by atoms with Gasteiger partial charge in [0.05, 0.1) is 9.52 Å². The summed E-state index contributed by atoms with van der Waals surface area (Å²) in [5.74, 6) is 0.180. The van der Waals surface area contributed by atoms with E-state index in [1.54, 1.807) is 0 Å². The highest BCUT2D eigenvalue weighted by atomic mass is 28.3. The van der Waals surface area contributed by atoms with E-state index in [0.29, 0.717) is 0 Å². The Bertz CT molecular complexity index is 171. The number of hydrogen-bond donors (Lipinski definition) is 0. The molecule has 0 rings (SSSR count). The van der Waals surface area contributed by atoms with Crippen molar-refractivity contribution in [2.75, 3.05) is 13.2 Å². The van der Waals surface area contributed by atoms with Gasteiger partial charge in [-0.3, -0.25) is 0 Å². The highest BCUT2D eigenvalue weighted by Crippen LogP contribution is 2.12. The fraction of sp³-hybridized carbons (Fsp3) is 1.00. The van der Waals surface area contributed by atoms with Crippen LogP contribution in [0.15, 0.2) is 0 Å². The predicted octanol–water partition coefficient (Wildman–Crippen LogP) is 3.83. The van der Waals surface area contributed by atoms with Crippen molar-refractivity contribution in [2.45, 2.75) is 77.2 Å². The Kier molecular flexibility index (Phi) is 11.4. The van der Waals surface area contributed by atoms with Crippen LogP contribution in [0.5, 0.6) is 0 Å². The molecule has 0 heterocycles. The average Bonchev–Trinajstić information content (AvgIpc) is 2.27. The number of rotatable bonds is 12. The minimum Gasteiger partial charge on any atom is -0.357 e. The van der Waals surface area contributed by atoms with Crippen molar-refractivity contribution in [3.05, 3.63) is 0 Å². The van der Waals surface area contributed by atoms with Crippen molar-refractivity contribution in [2.24, 2.45) is 0 Å². The van der Waals surface area contributed by atoms with Gasteiger partial charge < -0.3 is 9.47 Å². The molecule has 0 spiro atoms. The maximum absolute atomic E-state index is 5.90. The summed E-state index contributed by atoms with van der Waals surface area (Å²) >= 11 is 0. The van der Waals surface area contributed by atoms with E-state index in [1.165, 1.54) is 24.9 Å². The lowest BCUT2D eigenvalue weighted by atomic mass is 10.4. The topological polar surface area (TPSA) is 18.5 Å². The first kappa shape index (κ1) is 18.4. The second-order valence-electron chi connectivity index (χ2n) is 6.33. The molecule has 0 aliphatic heterocycles. The molecule has 0 aromatic carbocycles. The molecule has 0 fully saturated rings. The fourth-order valence-corrected chi connectivity index (χ4v) is 7.79. The zero-order valence-corrected chi connectivity index (χ0v) is 15.7. The van der Waals surface area contributed by atoms with Gasteiger partial charge in [-0.1, -0.05) is 58.4 Å². The molecule has 18 heavy (non-hydrogen) atoms. The maximum Gasteiger partial charge on any atom is 0.134 e. The summed E-state index contributed by atoms with van der Waals surface area (Å²) in [5.41, 5.74) is 0. The Morgan fingerprint density at radius 1 is 0.944 bits per heavy atom. The molecule has 0 unspecified atom stereocenters. The van der Waals surface area contributed by atoms with E-state index in [1.807, 2.05) is 0 Å². The van der Waals surface area contributed by atoms with Crippen molar-refractivity contribution in [3.8, 4) is 0 Å². The van der Waals surface area contributed by atoms with E-state index in [0.717, 1.165) is 26.1 Å². The highest BCUT2D eigenvalue weighted by molar-refractivity contribution is 6.76. The SMILES string of the molecule is CCCCOC(OCCCC)[SiH2]CC[Si](C)(C)C. The van der Waals surface area contributed by atoms with Gasteiger partial charge in [-0.2, -0.15) is 0 Å². The summed E-state index contributed by atoms with van der Waals surface area (Å²) in [6.45, 7) is 13.5. The van der Waals surface area contributed by atoms with E-state index in [-0.39, 0.29) is 15.4 Å². The molecule has 0 aliphatic carbocycles. The van der Waals surface area contributed by atoms with Crippen LogP contribution in [0.3, 0.4) is 0 Å². The van der Waals surface area contributed by atoms with E-state index in [9.17, 15) is 0 Å². The van der Waals surface area contributed by atoms with Gasteiger partial charge in [-0.05, 0) is 12.8 Å². The van der Waals surface area contributed by atoms with E-state index < -0.39 is 8.07 Å². The first-order chi connectivity index (χ1) is 8.49. The molecule has 0 aromatic rings. The molecule has 0 atom stereocenters. The van der Waals surface area contributed by atoms with E-state index in [2.05, 4.69) is 33.5 Å². The monoisotopic (exact) mass is 290 g/mol. The largest absolute Gasteiger partial charge is 0.357 e. The van der Waals surface area contributed by atoms with Crippen LogP contribution in [0.1, 0.15) is 39.5 Å². The van der Waals surface area contributed by atoms with Crippen LogP contribution in [0.4, 0.5) is 0 Å². The fourth-order valence-electron chi connectivity index (χ4n) is 1.73. The minimum atomic E-state index is -0.877. The summed E-state index contributed by atoms with van der Waals surface area (Å²) < 4.78 is 11.8. The molecule has 110 valence electrons. The molecule has 4 heteroatoms. The van der Waals surface area contributed by atoms with Crippen molar-refractivity contribution in [1.29, 1.82) is 0 Å². The summed E-state index contributed by atoms with van der Waals surface area (Å²) in [7, 11) is -1.10. The average molecular weight is 291 g/mol. The third-order valence-corrected chi connectivity index (χ3v) is 7.24.